The molecule has 0 unspecified atom stereocenters. The van der Waals surface area contributed by atoms with Crippen molar-refractivity contribution < 1.29 is 4.39 Å². The fraction of sp³-hybridized carbons (Fsp3) is 0.111. The van der Waals surface area contributed by atoms with Gasteiger partial charge >= 0.3 is 0 Å². The molecule has 0 radical (unpaired) electrons. The van der Waals surface area contributed by atoms with E-state index in [0.717, 1.165) is 0 Å². The van der Waals surface area contributed by atoms with Crippen molar-refractivity contribution in [2.45, 2.75) is 6.54 Å². The molecule has 78 valence electrons. The molecule has 0 bridgehead atoms. The Balaban J connectivity index is 2.53. The van der Waals surface area contributed by atoms with Gasteiger partial charge in [-0.25, -0.2) is 4.39 Å². The molecule has 0 aliphatic heterocycles. The van der Waals surface area contributed by atoms with Crippen molar-refractivity contribution in [1.29, 1.82) is 0 Å². The van der Waals surface area contributed by atoms with Crippen LogP contribution in [0.3, 0.4) is 0 Å². The molecule has 0 aliphatic carbocycles. The Morgan fingerprint density at radius 3 is 2.80 bits per heavy atom. The van der Waals surface area contributed by atoms with Gasteiger partial charge in [0.2, 0.25) is 0 Å². The Kier molecular flexibility index (Phi) is 3.08. The van der Waals surface area contributed by atoms with Crippen LogP contribution >= 0.6 is 27.3 Å². The predicted molar refractivity (Wildman–Crippen MR) is 60.9 cm³/mol. The minimum Gasteiger partial charge on any atom is -0.324 e. The molecule has 0 amide bonds. The molecular weight excluding hydrogens is 281 g/mol. The third kappa shape index (κ3) is 2.06. The van der Waals surface area contributed by atoms with E-state index in [4.69, 9.17) is 5.73 Å². The van der Waals surface area contributed by atoms with E-state index in [-0.39, 0.29) is 5.82 Å². The molecule has 1 heterocycles. The largest absolute Gasteiger partial charge is 0.324 e. The van der Waals surface area contributed by atoms with Crippen LogP contribution in [0, 0.1) is 5.82 Å². The number of aromatic nitrogens is 2. The number of hydrogen-bond acceptors (Lipinski definition) is 4. The van der Waals surface area contributed by atoms with Crippen molar-refractivity contribution in [3.63, 3.8) is 0 Å². The smallest absolute Gasteiger partial charge is 0.151 e. The van der Waals surface area contributed by atoms with Crippen LogP contribution < -0.4 is 5.73 Å². The summed E-state index contributed by atoms with van der Waals surface area (Å²) in [5, 5.41) is 8.98. The quantitative estimate of drug-likeness (QED) is 0.924. The van der Waals surface area contributed by atoms with Gasteiger partial charge in [-0.2, -0.15) is 0 Å². The first-order valence-corrected chi connectivity index (χ1v) is 5.80. The first kappa shape index (κ1) is 10.7. The molecule has 0 aliphatic rings. The zero-order valence-electron chi connectivity index (χ0n) is 7.58. The molecule has 0 saturated heterocycles. The number of nitrogens with zero attached hydrogens (tertiary/aromatic N) is 2. The van der Waals surface area contributed by atoms with E-state index in [1.54, 1.807) is 12.1 Å². The summed E-state index contributed by atoms with van der Waals surface area (Å²) in [6.45, 7) is 0.323. The van der Waals surface area contributed by atoms with E-state index in [1.807, 2.05) is 0 Å². The van der Waals surface area contributed by atoms with Crippen LogP contribution in [-0.4, -0.2) is 10.2 Å². The third-order valence-electron chi connectivity index (χ3n) is 1.82. The maximum Gasteiger partial charge on any atom is 0.151 e. The summed E-state index contributed by atoms with van der Waals surface area (Å²) >= 11 is 4.58. The summed E-state index contributed by atoms with van der Waals surface area (Å²) < 4.78 is 14.2. The minimum atomic E-state index is -0.316. The highest BCUT2D eigenvalue weighted by molar-refractivity contribution is 9.10. The molecule has 15 heavy (non-hydrogen) atoms. The molecule has 2 N–H and O–H groups in total. The van der Waals surface area contributed by atoms with Gasteiger partial charge in [0, 0.05) is 11.0 Å². The van der Waals surface area contributed by atoms with Crippen LogP contribution in [0.25, 0.3) is 10.6 Å². The highest BCUT2D eigenvalue weighted by Gasteiger charge is 2.13. The summed E-state index contributed by atoms with van der Waals surface area (Å²) in [5.74, 6) is -0.316. The number of benzene rings is 1. The average Bonchev–Trinajstić information content (AvgIpc) is 2.66. The van der Waals surface area contributed by atoms with Crippen LogP contribution in [0.4, 0.5) is 4.39 Å². The SMILES string of the molecule is NCc1nnc(-c2c(F)cccc2Br)s1. The second-order valence-corrected chi connectivity index (χ2v) is 4.72. The Bertz CT molecular complexity index is 466. The topological polar surface area (TPSA) is 51.8 Å². The average molecular weight is 288 g/mol. The highest BCUT2D eigenvalue weighted by Crippen LogP contribution is 2.32. The van der Waals surface area contributed by atoms with Crippen molar-refractivity contribution in [3.05, 3.63) is 33.5 Å². The van der Waals surface area contributed by atoms with Gasteiger partial charge in [-0.1, -0.05) is 17.4 Å². The Morgan fingerprint density at radius 2 is 2.20 bits per heavy atom. The van der Waals surface area contributed by atoms with Gasteiger partial charge in [-0.3, -0.25) is 0 Å². The fourth-order valence-corrected chi connectivity index (χ4v) is 2.58. The molecule has 3 nitrogen and oxygen atoms in total. The van der Waals surface area contributed by atoms with Crippen LogP contribution in [0.2, 0.25) is 0 Å². The molecule has 1 aromatic heterocycles. The second kappa shape index (κ2) is 4.34. The molecule has 1 aromatic carbocycles. The van der Waals surface area contributed by atoms with Crippen molar-refractivity contribution in [2.24, 2.45) is 5.73 Å². The first-order valence-electron chi connectivity index (χ1n) is 4.19. The van der Waals surface area contributed by atoms with E-state index < -0.39 is 0 Å². The summed E-state index contributed by atoms with van der Waals surface area (Å²) in [7, 11) is 0. The van der Waals surface area contributed by atoms with Gasteiger partial charge in [0.15, 0.2) is 5.01 Å². The van der Waals surface area contributed by atoms with Gasteiger partial charge in [-0.05, 0) is 28.1 Å². The number of nitrogens with two attached hydrogens (primary N) is 1. The number of rotatable bonds is 2. The lowest BCUT2D eigenvalue weighted by Gasteiger charge is -2.00. The molecule has 0 saturated carbocycles. The zero-order chi connectivity index (χ0) is 10.8. The molecular formula is C9H7BrFN3S. The first-order chi connectivity index (χ1) is 7.22. The van der Waals surface area contributed by atoms with Crippen molar-refractivity contribution in [2.75, 3.05) is 0 Å². The monoisotopic (exact) mass is 287 g/mol. The fourth-order valence-electron chi connectivity index (χ4n) is 1.14. The van der Waals surface area contributed by atoms with Gasteiger partial charge in [-0.15, -0.1) is 10.2 Å². The van der Waals surface area contributed by atoms with Crippen molar-refractivity contribution in [1.82, 2.24) is 10.2 Å². The summed E-state index contributed by atoms with van der Waals surface area (Å²) in [5.41, 5.74) is 5.86. The Hall–Kier alpha value is -0.850. The lowest BCUT2D eigenvalue weighted by atomic mass is 10.2. The van der Waals surface area contributed by atoms with E-state index in [1.165, 1.54) is 17.4 Å². The van der Waals surface area contributed by atoms with Crippen molar-refractivity contribution in [3.8, 4) is 10.6 Å². The van der Waals surface area contributed by atoms with E-state index in [0.29, 0.717) is 26.6 Å². The third-order valence-corrected chi connectivity index (χ3v) is 3.44. The lowest BCUT2D eigenvalue weighted by molar-refractivity contribution is 0.630. The van der Waals surface area contributed by atoms with Crippen LogP contribution in [0.15, 0.2) is 22.7 Å². The predicted octanol–water partition coefficient (Wildman–Crippen LogP) is 2.57. The molecule has 0 atom stereocenters. The van der Waals surface area contributed by atoms with E-state index in [9.17, 15) is 4.39 Å². The normalized spacial score (nSPS) is 10.6. The second-order valence-electron chi connectivity index (χ2n) is 2.80. The summed E-state index contributed by atoms with van der Waals surface area (Å²) in [4.78, 5) is 0. The summed E-state index contributed by atoms with van der Waals surface area (Å²) in [6.07, 6.45) is 0. The standard InChI is InChI=1S/C9H7BrFN3S/c10-5-2-1-3-6(11)8(5)9-14-13-7(4-12)15-9/h1-3H,4,12H2. The summed E-state index contributed by atoms with van der Waals surface area (Å²) in [6, 6.07) is 4.79. The molecule has 2 aromatic rings. The van der Waals surface area contributed by atoms with Gasteiger partial charge in [0.1, 0.15) is 10.8 Å². The van der Waals surface area contributed by atoms with Gasteiger partial charge < -0.3 is 5.73 Å². The van der Waals surface area contributed by atoms with Crippen molar-refractivity contribution >= 4 is 27.3 Å². The Labute approximate surface area is 98.3 Å². The van der Waals surface area contributed by atoms with E-state index >= 15 is 0 Å². The molecule has 2 rings (SSSR count). The highest BCUT2D eigenvalue weighted by atomic mass is 79.9. The van der Waals surface area contributed by atoms with Gasteiger partial charge in [0.25, 0.3) is 0 Å². The van der Waals surface area contributed by atoms with E-state index in [2.05, 4.69) is 26.1 Å². The lowest BCUT2D eigenvalue weighted by Crippen LogP contribution is -1.94. The molecule has 0 spiro atoms. The maximum absolute atomic E-state index is 13.5. The minimum absolute atomic E-state index is 0.316. The Morgan fingerprint density at radius 1 is 1.40 bits per heavy atom. The van der Waals surface area contributed by atoms with Crippen LogP contribution in [0.5, 0.6) is 0 Å². The van der Waals surface area contributed by atoms with Crippen LogP contribution in [0.1, 0.15) is 5.01 Å². The molecule has 6 heteroatoms. The molecule has 0 fully saturated rings. The number of hydrogen-bond donors (Lipinski definition) is 1. The zero-order valence-corrected chi connectivity index (χ0v) is 9.98. The van der Waals surface area contributed by atoms with Crippen LogP contribution in [-0.2, 0) is 6.54 Å². The maximum atomic E-state index is 13.5. The van der Waals surface area contributed by atoms with Gasteiger partial charge in [0.05, 0.1) is 5.56 Å². The number of halogens is 2.